The van der Waals surface area contributed by atoms with Gasteiger partial charge >= 0.3 is 0 Å². The fourth-order valence-electron chi connectivity index (χ4n) is 2.88. The maximum Gasteiger partial charge on any atom is 0.125 e. The minimum atomic E-state index is -0.486. The van der Waals surface area contributed by atoms with Crippen LogP contribution >= 0.6 is 11.8 Å². The first kappa shape index (κ1) is 14.7. The van der Waals surface area contributed by atoms with Crippen LogP contribution in [0.5, 0.6) is 5.75 Å². The highest BCUT2D eigenvalue weighted by Crippen LogP contribution is 2.41. The fourth-order valence-corrected chi connectivity index (χ4v) is 4.51. The number of methoxy groups -OCH3 is 1. The maximum atomic E-state index is 10.0. The first-order valence-electron chi connectivity index (χ1n) is 7.13. The van der Waals surface area contributed by atoms with Gasteiger partial charge in [-0.2, -0.15) is 0 Å². The summed E-state index contributed by atoms with van der Waals surface area (Å²) in [5.74, 6) is 1.62. The van der Waals surface area contributed by atoms with Gasteiger partial charge in [0, 0.05) is 15.7 Å². The number of hydrogen-bond donors (Lipinski definition) is 1. The van der Waals surface area contributed by atoms with E-state index in [2.05, 4.69) is 13.0 Å². The third kappa shape index (κ3) is 3.67. The van der Waals surface area contributed by atoms with Gasteiger partial charge in [0.15, 0.2) is 0 Å². The second-order valence-corrected chi connectivity index (χ2v) is 6.90. The predicted octanol–water partition coefficient (Wildman–Crippen LogP) is 4.42. The second kappa shape index (κ2) is 6.67. The lowest BCUT2D eigenvalue weighted by atomic mass is 9.91. The molecule has 1 fully saturated rings. The predicted molar refractivity (Wildman–Crippen MR) is 80.9 cm³/mol. The molecule has 1 aromatic carbocycles. The average molecular weight is 280 g/mol. The number of hydrogen-bond acceptors (Lipinski definition) is 3. The van der Waals surface area contributed by atoms with E-state index in [9.17, 15) is 5.11 Å². The highest BCUT2D eigenvalue weighted by Gasteiger charge is 2.22. The monoisotopic (exact) mass is 280 g/mol. The lowest BCUT2D eigenvalue weighted by Crippen LogP contribution is -2.15. The van der Waals surface area contributed by atoms with E-state index in [0.717, 1.165) is 17.2 Å². The molecule has 1 aliphatic carbocycles. The highest BCUT2D eigenvalue weighted by molar-refractivity contribution is 8.00. The Bertz CT molecular complexity index is 417. The molecule has 0 radical (unpaired) electrons. The van der Waals surface area contributed by atoms with Crippen molar-refractivity contribution in [1.82, 2.24) is 0 Å². The molecule has 0 bridgehead atoms. The van der Waals surface area contributed by atoms with Crippen LogP contribution in [0.4, 0.5) is 0 Å². The van der Waals surface area contributed by atoms with Gasteiger partial charge in [-0.1, -0.05) is 25.8 Å². The minimum absolute atomic E-state index is 0.486. The summed E-state index contributed by atoms with van der Waals surface area (Å²) in [6.07, 6.45) is 4.76. The van der Waals surface area contributed by atoms with Gasteiger partial charge in [-0.25, -0.2) is 0 Å². The molecule has 0 heterocycles. The summed E-state index contributed by atoms with van der Waals surface area (Å²) in [6.45, 7) is 4.15. The van der Waals surface area contributed by atoms with Crippen LogP contribution in [-0.2, 0) is 0 Å². The molecular weight excluding hydrogens is 256 g/mol. The van der Waals surface area contributed by atoms with E-state index in [1.165, 1.54) is 30.6 Å². The van der Waals surface area contributed by atoms with Crippen LogP contribution in [-0.4, -0.2) is 17.5 Å². The zero-order valence-electron chi connectivity index (χ0n) is 12.1. The van der Waals surface area contributed by atoms with E-state index >= 15 is 0 Å². The summed E-state index contributed by atoms with van der Waals surface area (Å²) in [4.78, 5) is 1.17. The van der Waals surface area contributed by atoms with E-state index in [-0.39, 0.29) is 0 Å². The summed E-state index contributed by atoms with van der Waals surface area (Å²) >= 11 is 1.91. The molecule has 1 saturated carbocycles. The molecule has 1 aromatic rings. The zero-order valence-corrected chi connectivity index (χ0v) is 12.9. The van der Waals surface area contributed by atoms with Crippen molar-refractivity contribution in [2.45, 2.75) is 55.8 Å². The van der Waals surface area contributed by atoms with Gasteiger partial charge in [0.1, 0.15) is 5.75 Å². The van der Waals surface area contributed by atoms with E-state index in [4.69, 9.17) is 4.74 Å². The number of benzene rings is 1. The van der Waals surface area contributed by atoms with Gasteiger partial charge in [0.25, 0.3) is 0 Å². The van der Waals surface area contributed by atoms with Crippen molar-refractivity contribution in [2.75, 3.05) is 7.11 Å². The number of rotatable bonds is 4. The lowest BCUT2D eigenvalue weighted by molar-refractivity contribution is 0.191. The Kier molecular flexibility index (Phi) is 5.17. The van der Waals surface area contributed by atoms with Crippen LogP contribution in [0.1, 0.15) is 51.2 Å². The van der Waals surface area contributed by atoms with Crippen molar-refractivity contribution in [3.05, 3.63) is 23.8 Å². The molecule has 3 atom stereocenters. The van der Waals surface area contributed by atoms with Crippen molar-refractivity contribution >= 4 is 11.8 Å². The van der Waals surface area contributed by atoms with Crippen LogP contribution in [0.3, 0.4) is 0 Å². The molecule has 19 heavy (non-hydrogen) atoms. The Morgan fingerprint density at radius 1 is 1.37 bits per heavy atom. The third-order valence-corrected chi connectivity index (χ3v) is 5.22. The minimum Gasteiger partial charge on any atom is -0.496 e. The summed E-state index contributed by atoms with van der Waals surface area (Å²) in [5.41, 5.74) is 0.938. The van der Waals surface area contributed by atoms with Crippen molar-refractivity contribution in [1.29, 1.82) is 0 Å². The summed E-state index contributed by atoms with van der Waals surface area (Å²) in [5, 5.41) is 10.7. The van der Waals surface area contributed by atoms with Crippen molar-refractivity contribution < 1.29 is 9.84 Å². The highest BCUT2D eigenvalue weighted by atomic mass is 32.2. The first-order chi connectivity index (χ1) is 9.11. The summed E-state index contributed by atoms with van der Waals surface area (Å²) < 4.78 is 5.38. The fraction of sp³-hybridized carbons (Fsp3) is 0.625. The summed E-state index contributed by atoms with van der Waals surface area (Å²) in [7, 11) is 1.67. The van der Waals surface area contributed by atoms with Crippen LogP contribution in [0.15, 0.2) is 23.1 Å². The molecule has 1 N–H and O–H groups in total. The molecule has 2 unspecified atom stereocenters. The van der Waals surface area contributed by atoms with E-state index in [1.807, 2.05) is 30.8 Å². The average Bonchev–Trinajstić information content (AvgIpc) is 2.38. The normalized spacial score (nSPS) is 25.1. The largest absolute Gasteiger partial charge is 0.496 e. The van der Waals surface area contributed by atoms with Crippen LogP contribution in [0, 0.1) is 5.92 Å². The lowest BCUT2D eigenvalue weighted by Gasteiger charge is -2.27. The smallest absolute Gasteiger partial charge is 0.125 e. The Balaban J connectivity index is 2.19. The molecule has 3 heteroatoms. The number of ether oxygens (including phenoxy) is 1. The molecule has 0 amide bonds. The van der Waals surface area contributed by atoms with Gasteiger partial charge < -0.3 is 9.84 Å². The van der Waals surface area contributed by atoms with Gasteiger partial charge in [0.05, 0.1) is 13.2 Å². The van der Waals surface area contributed by atoms with Gasteiger partial charge in [-0.3, -0.25) is 0 Å². The van der Waals surface area contributed by atoms with Crippen LogP contribution in [0.25, 0.3) is 0 Å². The molecule has 2 rings (SSSR count). The molecule has 0 aliphatic heterocycles. The molecule has 2 nitrogen and oxygen atoms in total. The van der Waals surface area contributed by atoms with Crippen LogP contribution < -0.4 is 4.74 Å². The zero-order chi connectivity index (χ0) is 13.8. The van der Waals surface area contributed by atoms with E-state index in [1.54, 1.807) is 7.11 Å². The SMILES string of the molecule is COc1cccc(SC2CCCC(C)C2)c1[C@@H](C)O. The molecule has 0 aromatic heterocycles. The Morgan fingerprint density at radius 2 is 2.16 bits per heavy atom. The summed E-state index contributed by atoms with van der Waals surface area (Å²) in [6, 6.07) is 6.05. The quantitative estimate of drug-likeness (QED) is 0.885. The molecule has 106 valence electrons. The van der Waals surface area contributed by atoms with E-state index in [0.29, 0.717) is 5.25 Å². The number of aliphatic hydroxyl groups excluding tert-OH is 1. The standard InChI is InChI=1S/C16H24O2S/c1-11-6-4-7-13(10-11)19-15-9-5-8-14(18-3)16(15)12(2)17/h5,8-9,11-13,17H,4,6-7,10H2,1-3H3/t11?,12-,13?/m1/s1. The third-order valence-electron chi connectivity index (χ3n) is 3.85. The van der Waals surface area contributed by atoms with Crippen molar-refractivity contribution in [3.63, 3.8) is 0 Å². The van der Waals surface area contributed by atoms with Crippen molar-refractivity contribution in [2.24, 2.45) is 5.92 Å². The maximum absolute atomic E-state index is 10.0. The second-order valence-electron chi connectivity index (χ2n) is 5.56. The molecule has 0 saturated heterocycles. The van der Waals surface area contributed by atoms with Crippen LogP contribution in [0.2, 0.25) is 0 Å². The topological polar surface area (TPSA) is 29.5 Å². The molecular formula is C16H24O2S. The Labute approximate surface area is 120 Å². The van der Waals surface area contributed by atoms with Gasteiger partial charge in [-0.15, -0.1) is 11.8 Å². The van der Waals surface area contributed by atoms with E-state index < -0.39 is 6.10 Å². The van der Waals surface area contributed by atoms with Gasteiger partial charge in [0.2, 0.25) is 0 Å². The Hall–Kier alpha value is -0.670. The number of thioether (sulfide) groups is 1. The number of aliphatic hydroxyl groups is 1. The first-order valence-corrected chi connectivity index (χ1v) is 8.01. The Morgan fingerprint density at radius 3 is 2.79 bits per heavy atom. The van der Waals surface area contributed by atoms with Gasteiger partial charge in [-0.05, 0) is 37.8 Å². The molecule has 0 spiro atoms. The van der Waals surface area contributed by atoms with Crippen molar-refractivity contribution in [3.8, 4) is 5.75 Å². The molecule has 1 aliphatic rings.